The van der Waals surface area contributed by atoms with Gasteiger partial charge in [-0.3, -0.25) is 0 Å². The maximum atomic E-state index is 12.7. The summed E-state index contributed by atoms with van der Waals surface area (Å²) in [6, 6.07) is 7.37. The van der Waals surface area contributed by atoms with Crippen LogP contribution in [0.5, 0.6) is 0 Å². The van der Waals surface area contributed by atoms with Gasteiger partial charge in [0.2, 0.25) is 0 Å². The van der Waals surface area contributed by atoms with E-state index >= 15 is 0 Å². The number of hydrogen-bond acceptors (Lipinski definition) is 3. The Balaban J connectivity index is 2.18. The summed E-state index contributed by atoms with van der Waals surface area (Å²) in [6.45, 7) is 4.73. The van der Waals surface area contributed by atoms with Crippen LogP contribution in [0.4, 0.5) is 0 Å². The van der Waals surface area contributed by atoms with Crippen molar-refractivity contribution < 1.29 is 8.42 Å². The molecule has 1 aromatic rings. The fourth-order valence-corrected chi connectivity index (χ4v) is 5.10. The molecule has 1 fully saturated rings. The van der Waals surface area contributed by atoms with E-state index < -0.39 is 9.84 Å². The van der Waals surface area contributed by atoms with E-state index in [9.17, 15) is 8.42 Å². The highest BCUT2D eigenvalue weighted by atomic mass is 32.2. The lowest BCUT2D eigenvalue weighted by Gasteiger charge is -2.24. The lowest BCUT2D eigenvalue weighted by molar-refractivity contribution is 0.388. The van der Waals surface area contributed by atoms with Gasteiger partial charge in [-0.1, -0.05) is 38.0 Å². The van der Waals surface area contributed by atoms with E-state index in [1.54, 1.807) is 12.1 Å². The van der Waals surface area contributed by atoms with E-state index in [2.05, 4.69) is 5.32 Å². The second-order valence-electron chi connectivity index (χ2n) is 5.76. The molecule has 3 nitrogen and oxygen atoms in total. The molecule has 1 saturated carbocycles. The maximum absolute atomic E-state index is 12.7. The van der Waals surface area contributed by atoms with Crippen LogP contribution in [0.15, 0.2) is 29.2 Å². The van der Waals surface area contributed by atoms with Gasteiger partial charge in [0.05, 0.1) is 10.6 Å². The summed E-state index contributed by atoms with van der Waals surface area (Å²) in [6.07, 6.45) is 4.77. The van der Waals surface area contributed by atoms with Crippen LogP contribution in [0.1, 0.15) is 38.2 Å². The van der Waals surface area contributed by atoms with Gasteiger partial charge < -0.3 is 5.32 Å². The van der Waals surface area contributed by atoms with Crippen molar-refractivity contribution in [3.63, 3.8) is 0 Å². The van der Waals surface area contributed by atoms with Crippen molar-refractivity contribution in [2.24, 2.45) is 5.92 Å². The third-order valence-electron chi connectivity index (χ3n) is 4.26. The molecule has 0 heterocycles. The molecule has 0 spiro atoms. The first-order valence-corrected chi connectivity index (χ1v) is 9.21. The van der Waals surface area contributed by atoms with Crippen molar-refractivity contribution in [1.82, 2.24) is 5.32 Å². The molecule has 1 atom stereocenters. The molecule has 1 unspecified atom stereocenters. The third kappa shape index (κ3) is 3.61. The van der Waals surface area contributed by atoms with Crippen molar-refractivity contribution in [2.75, 3.05) is 12.3 Å². The molecule has 0 bridgehead atoms. The zero-order valence-electron chi connectivity index (χ0n) is 12.4. The first kappa shape index (κ1) is 15.5. The highest BCUT2D eigenvalue weighted by Gasteiger charge is 2.29. The van der Waals surface area contributed by atoms with E-state index in [-0.39, 0.29) is 11.8 Å². The SMILES string of the molecule is CCNC(CS(=O)(=O)c1ccccc1C)C1CCCC1. The van der Waals surface area contributed by atoms with Gasteiger partial charge >= 0.3 is 0 Å². The fourth-order valence-electron chi connectivity index (χ4n) is 3.22. The molecule has 1 N–H and O–H groups in total. The molecular formula is C16H25NO2S. The van der Waals surface area contributed by atoms with Crippen molar-refractivity contribution >= 4 is 9.84 Å². The molecular weight excluding hydrogens is 270 g/mol. The van der Waals surface area contributed by atoms with Crippen LogP contribution in [-0.4, -0.2) is 26.8 Å². The summed E-state index contributed by atoms with van der Waals surface area (Å²) in [7, 11) is -3.21. The van der Waals surface area contributed by atoms with E-state index in [4.69, 9.17) is 0 Å². The average Bonchev–Trinajstić information content (AvgIpc) is 2.92. The monoisotopic (exact) mass is 295 g/mol. The van der Waals surface area contributed by atoms with Gasteiger partial charge in [-0.2, -0.15) is 0 Å². The number of aryl methyl sites for hydroxylation is 1. The summed E-state index contributed by atoms with van der Waals surface area (Å²) in [5.41, 5.74) is 0.842. The van der Waals surface area contributed by atoms with Crippen LogP contribution >= 0.6 is 0 Å². The Bertz CT molecular complexity index is 533. The smallest absolute Gasteiger partial charge is 0.180 e. The molecule has 0 amide bonds. The summed E-state index contributed by atoms with van der Waals surface area (Å²) in [5, 5.41) is 3.39. The summed E-state index contributed by atoms with van der Waals surface area (Å²) < 4.78 is 25.3. The molecule has 2 rings (SSSR count). The largest absolute Gasteiger partial charge is 0.313 e. The third-order valence-corrected chi connectivity index (χ3v) is 6.19. The van der Waals surface area contributed by atoms with E-state index in [1.165, 1.54) is 12.8 Å². The van der Waals surface area contributed by atoms with Crippen molar-refractivity contribution in [2.45, 2.75) is 50.5 Å². The second-order valence-corrected chi connectivity index (χ2v) is 7.76. The standard InChI is InChI=1S/C16H25NO2S/c1-3-17-15(14-9-5-6-10-14)12-20(18,19)16-11-7-4-8-13(16)2/h4,7-8,11,14-15,17H,3,5-6,9-10,12H2,1-2H3. The lowest BCUT2D eigenvalue weighted by Crippen LogP contribution is -2.40. The van der Waals surface area contributed by atoms with Crippen LogP contribution < -0.4 is 5.32 Å². The van der Waals surface area contributed by atoms with Crippen LogP contribution in [-0.2, 0) is 9.84 Å². The summed E-state index contributed by atoms with van der Waals surface area (Å²) in [5.74, 6) is 0.727. The Morgan fingerprint density at radius 2 is 1.90 bits per heavy atom. The van der Waals surface area contributed by atoms with Gasteiger partial charge in [0.25, 0.3) is 0 Å². The minimum absolute atomic E-state index is 0.0899. The lowest BCUT2D eigenvalue weighted by atomic mass is 10.00. The van der Waals surface area contributed by atoms with Crippen LogP contribution in [0.25, 0.3) is 0 Å². The minimum atomic E-state index is -3.21. The highest BCUT2D eigenvalue weighted by Crippen LogP contribution is 2.29. The highest BCUT2D eigenvalue weighted by molar-refractivity contribution is 7.91. The minimum Gasteiger partial charge on any atom is -0.313 e. The molecule has 20 heavy (non-hydrogen) atoms. The fraction of sp³-hybridized carbons (Fsp3) is 0.625. The molecule has 112 valence electrons. The number of nitrogens with one attached hydrogen (secondary N) is 1. The Morgan fingerprint density at radius 3 is 2.50 bits per heavy atom. The van der Waals surface area contributed by atoms with E-state index in [1.807, 2.05) is 26.0 Å². The molecule has 0 radical (unpaired) electrons. The zero-order chi connectivity index (χ0) is 14.6. The van der Waals surface area contributed by atoms with Crippen LogP contribution in [0.2, 0.25) is 0 Å². The van der Waals surface area contributed by atoms with Gasteiger partial charge in [0.15, 0.2) is 9.84 Å². The van der Waals surface area contributed by atoms with Crippen molar-refractivity contribution in [3.05, 3.63) is 29.8 Å². The van der Waals surface area contributed by atoms with Crippen molar-refractivity contribution in [3.8, 4) is 0 Å². The molecule has 4 heteroatoms. The van der Waals surface area contributed by atoms with Crippen LogP contribution in [0, 0.1) is 12.8 Å². The molecule has 1 aromatic carbocycles. The normalized spacial score (nSPS) is 18.3. The van der Waals surface area contributed by atoms with E-state index in [0.29, 0.717) is 10.8 Å². The van der Waals surface area contributed by atoms with Crippen LogP contribution in [0.3, 0.4) is 0 Å². The van der Waals surface area contributed by atoms with Gasteiger partial charge in [0.1, 0.15) is 0 Å². The predicted octanol–water partition coefficient (Wildman–Crippen LogP) is 2.94. The quantitative estimate of drug-likeness (QED) is 0.877. The number of hydrogen-bond donors (Lipinski definition) is 1. The molecule has 0 aliphatic heterocycles. The van der Waals surface area contributed by atoms with E-state index in [0.717, 1.165) is 24.9 Å². The van der Waals surface area contributed by atoms with Gasteiger partial charge in [-0.15, -0.1) is 0 Å². The summed E-state index contributed by atoms with van der Waals surface area (Å²) >= 11 is 0. The second kappa shape index (κ2) is 6.72. The molecule has 0 saturated heterocycles. The molecule has 0 aromatic heterocycles. The maximum Gasteiger partial charge on any atom is 0.180 e. The van der Waals surface area contributed by atoms with Gasteiger partial charge in [-0.25, -0.2) is 8.42 Å². The topological polar surface area (TPSA) is 46.2 Å². The Kier molecular flexibility index (Phi) is 5.22. The van der Waals surface area contributed by atoms with Gasteiger partial charge in [0, 0.05) is 6.04 Å². The Labute approximate surface area is 122 Å². The molecule has 1 aliphatic carbocycles. The number of sulfone groups is 1. The Hall–Kier alpha value is -0.870. The van der Waals surface area contributed by atoms with Gasteiger partial charge in [-0.05, 0) is 43.9 Å². The Morgan fingerprint density at radius 1 is 1.25 bits per heavy atom. The first-order valence-electron chi connectivity index (χ1n) is 7.56. The summed E-state index contributed by atoms with van der Waals surface area (Å²) in [4.78, 5) is 0.487. The van der Waals surface area contributed by atoms with Crippen molar-refractivity contribution in [1.29, 1.82) is 0 Å². The zero-order valence-corrected chi connectivity index (χ0v) is 13.2. The number of rotatable bonds is 6. The number of benzene rings is 1. The molecule has 1 aliphatic rings. The predicted molar refractivity (Wildman–Crippen MR) is 82.7 cm³/mol. The average molecular weight is 295 g/mol. The first-order chi connectivity index (χ1) is 9.54.